The molecule has 1 amide bonds. The van der Waals surface area contributed by atoms with Crippen molar-refractivity contribution in [2.24, 2.45) is 5.92 Å². The normalized spacial score (nSPS) is 24.1. The summed E-state index contributed by atoms with van der Waals surface area (Å²) < 4.78 is 8.59. The van der Waals surface area contributed by atoms with Crippen LogP contribution in [0.3, 0.4) is 0 Å². The van der Waals surface area contributed by atoms with Gasteiger partial charge in [0, 0.05) is 44.8 Å². The highest BCUT2D eigenvalue weighted by Gasteiger charge is 2.47. The van der Waals surface area contributed by atoms with Gasteiger partial charge in [-0.25, -0.2) is 4.98 Å². The van der Waals surface area contributed by atoms with Crippen LogP contribution in [0.1, 0.15) is 37.2 Å². The van der Waals surface area contributed by atoms with Gasteiger partial charge in [-0.1, -0.05) is 6.07 Å². The molecule has 1 saturated carbocycles. The van der Waals surface area contributed by atoms with Crippen LogP contribution in [0.25, 0.3) is 0 Å². The highest BCUT2D eigenvalue weighted by Crippen LogP contribution is 2.40. The first-order chi connectivity index (χ1) is 13.7. The maximum Gasteiger partial charge on any atom is 0.251 e. The first-order valence-electron chi connectivity index (χ1n) is 10.3. The molecule has 0 bridgehead atoms. The van der Waals surface area contributed by atoms with E-state index in [4.69, 9.17) is 4.74 Å². The van der Waals surface area contributed by atoms with Crippen molar-refractivity contribution in [3.05, 3.63) is 48.3 Å². The second kappa shape index (κ2) is 7.29. The number of piperidine rings is 1. The molecule has 148 valence electrons. The van der Waals surface area contributed by atoms with Crippen molar-refractivity contribution in [1.29, 1.82) is 0 Å². The lowest BCUT2D eigenvalue weighted by atomic mass is 9.88. The van der Waals surface area contributed by atoms with Crippen molar-refractivity contribution < 1.29 is 9.53 Å². The van der Waals surface area contributed by atoms with Crippen LogP contribution in [0.15, 0.2) is 36.8 Å². The molecule has 1 atom stereocenters. The van der Waals surface area contributed by atoms with Gasteiger partial charge in [0.25, 0.3) is 5.91 Å². The molecular formula is C21H27N5O2. The number of pyridine rings is 1. The Morgan fingerprint density at radius 2 is 2.07 bits per heavy atom. The zero-order valence-corrected chi connectivity index (χ0v) is 16.1. The van der Waals surface area contributed by atoms with Gasteiger partial charge < -0.3 is 14.6 Å². The van der Waals surface area contributed by atoms with Crippen LogP contribution < -0.4 is 5.32 Å². The molecule has 2 aromatic heterocycles. The lowest BCUT2D eigenvalue weighted by Crippen LogP contribution is -2.54. The SMILES string of the molecule is O=C(NCC1CC1)C1Cn2ccnc2C2(CCN(Cc3ccccn3)CC2)O1. The minimum absolute atomic E-state index is 0.0153. The average molecular weight is 381 g/mol. The summed E-state index contributed by atoms with van der Waals surface area (Å²) in [5.41, 5.74) is 0.617. The Bertz CT molecular complexity index is 824. The molecular weight excluding hydrogens is 354 g/mol. The van der Waals surface area contributed by atoms with Crippen molar-refractivity contribution in [2.45, 2.75) is 50.5 Å². The van der Waals surface area contributed by atoms with Gasteiger partial charge in [-0.05, 0) is 43.7 Å². The molecule has 28 heavy (non-hydrogen) atoms. The number of fused-ring (bicyclic) bond motifs is 2. The molecule has 5 rings (SSSR count). The van der Waals surface area contributed by atoms with Crippen LogP contribution in [-0.2, 0) is 28.2 Å². The monoisotopic (exact) mass is 381 g/mol. The predicted octanol–water partition coefficient (Wildman–Crippen LogP) is 1.69. The molecule has 1 spiro atoms. The molecule has 1 N–H and O–H groups in total. The third-order valence-electron chi connectivity index (χ3n) is 6.18. The molecule has 1 aliphatic carbocycles. The Morgan fingerprint density at radius 1 is 1.21 bits per heavy atom. The largest absolute Gasteiger partial charge is 0.354 e. The van der Waals surface area contributed by atoms with Crippen molar-refractivity contribution in [2.75, 3.05) is 19.6 Å². The number of carbonyl (C=O) groups is 1. The molecule has 2 fully saturated rings. The van der Waals surface area contributed by atoms with Gasteiger partial charge in [0.05, 0.1) is 12.2 Å². The summed E-state index contributed by atoms with van der Waals surface area (Å²) in [6, 6.07) is 6.03. The number of hydrogen-bond acceptors (Lipinski definition) is 5. The summed E-state index contributed by atoms with van der Waals surface area (Å²) >= 11 is 0. The van der Waals surface area contributed by atoms with Crippen molar-refractivity contribution >= 4 is 5.91 Å². The second-order valence-corrected chi connectivity index (χ2v) is 8.29. The van der Waals surface area contributed by atoms with Gasteiger partial charge in [0.15, 0.2) is 6.10 Å². The molecule has 2 aliphatic heterocycles. The zero-order chi connectivity index (χ0) is 19.0. The highest BCUT2D eigenvalue weighted by atomic mass is 16.5. The summed E-state index contributed by atoms with van der Waals surface area (Å²) in [5, 5.41) is 3.08. The molecule has 3 aliphatic rings. The van der Waals surface area contributed by atoms with Crippen LogP contribution >= 0.6 is 0 Å². The Hall–Kier alpha value is -2.25. The molecule has 2 aromatic rings. The number of nitrogens with one attached hydrogen (secondary N) is 1. The fourth-order valence-electron chi connectivity index (χ4n) is 4.35. The molecule has 4 heterocycles. The highest BCUT2D eigenvalue weighted by molar-refractivity contribution is 5.81. The number of imidazole rings is 1. The van der Waals surface area contributed by atoms with Crippen LogP contribution in [0, 0.1) is 5.92 Å². The van der Waals surface area contributed by atoms with E-state index in [0.29, 0.717) is 12.5 Å². The Labute approximate surface area is 165 Å². The molecule has 0 aromatic carbocycles. The fraction of sp³-hybridized carbons (Fsp3) is 0.571. The lowest BCUT2D eigenvalue weighted by Gasteiger charge is -2.45. The number of aromatic nitrogens is 3. The van der Waals surface area contributed by atoms with Crippen molar-refractivity contribution in [1.82, 2.24) is 24.8 Å². The van der Waals surface area contributed by atoms with Crippen LogP contribution in [-0.4, -0.2) is 51.1 Å². The van der Waals surface area contributed by atoms with E-state index in [-0.39, 0.29) is 5.91 Å². The maximum absolute atomic E-state index is 12.7. The number of rotatable bonds is 5. The van der Waals surface area contributed by atoms with E-state index < -0.39 is 11.7 Å². The lowest BCUT2D eigenvalue weighted by molar-refractivity contribution is -0.173. The minimum atomic E-state index is -0.468. The van der Waals surface area contributed by atoms with Crippen molar-refractivity contribution in [3.63, 3.8) is 0 Å². The Kier molecular flexibility index (Phi) is 4.64. The quantitative estimate of drug-likeness (QED) is 0.853. The van der Waals surface area contributed by atoms with Gasteiger partial charge in [-0.2, -0.15) is 0 Å². The minimum Gasteiger partial charge on any atom is -0.354 e. The van der Waals surface area contributed by atoms with Crippen molar-refractivity contribution in [3.8, 4) is 0 Å². The number of amides is 1. The smallest absolute Gasteiger partial charge is 0.251 e. The van der Waals surface area contributed by atoms with Gasteiger partial charge in [0.1, 0.15) is 11.4 Å². The summed E-state index contributed by atoms with van der Waals surface area (Å²) in [6.45, 7) is 3.97. The molecule has 7 nitrogen and oxygen atoms in total. The van der Waals surface area contributed by atoms with E-state index in [1.165, 1.54) is 12.8 Å². The molecule has 1 unspecified atom stereocenters. The predicted molar refractivity (Wildman–Crippen MR) is 103 cm³/mol. The number of hydrogen-bond donors (Lipinski definition) is 1. The second-order valence-electron chi connectivity index (χ2n) is 8.29. The van der Waals surface area contributed by atoms with Gasteiger partial charge in [-0.15, -0.1) is 0 Å². The van der Waals surface area contributed by atoms with E-state index >= 15 is 0 Å². The van der Waals surface area contributed by atoms with Crippen LogP contribution in [0.4, 0.5) is 0 Å². The number of carbonyl (C=O) groups excluding carboxylic acids is 1. The number of nitrogens with zero attached hydrogens (tertiary/aromatic N) is 4. The van der Waals surface area contributed by atoms with Crippen LogP contribution in [0.2, 0.25) is 0 Å². The Morgan fingerprint density at radius 3 is 2.82 bits per heavy atom. The zero-order valence-electron chi connectivity index (χ0n) is 16.1. The third kappa shape index (κ3) is 3.56. The van der Waals surface area contributed by atoms with E-state index in [0.717, 1.165) is 50.5 Å². The molecule has 1 saturated heterocycles. The molecule has 7 heteroatoms. The van der Waals surface area contributed by atoms with Gasteiger partial charge in [-0.3, -0.25) is 14.7 Å². The summed E-state index contributed by atoms with van der Waals surface area (Å²) in [7, 11) is 0. The van der Waals surface area contributed by atoms with Crippen LogP contribution in [0.5, 0.6) is 0 Å². The fourth-order valence-corrected chi connectivity index (χ4v) is 4.35. The van der Waals surface area contributed by atoms with E-state index in [1.54, 1.807) is 0 Å². The van der Waals surface area contributed by atoms with Gasteiger partial charge >= 0.3 is 0 Å². The Balaban J connectivity index is 1.27. The molecule has 0 radical (unpaired) electrons. The standard InChI is InChI=1S/C21H27N5O2/c27-19(24-13-16-4-5-16)18-15-26-12-9-23-20(26)21(28-18)6-10-25(11-7-21)14-17-3-1-2-8-22-17/h1-3,8-9,12,16,18H,4-7,10-11,13-15H2,(H,24,27). The first kappa shape index (κ1) is 17.8. The first-order valence-corrected chi connectivity index (χ1v) is 10.3. The van der Waals surface area contributed by atoms with E-state index in [2.05, 4.69) is 30.8 Å². The third-order valence-corrected chi connectivity index (χ3v) is 6.18. The average Bonchev–Trinajstić information content (AvgIpc) is 3.43. The number of ether oxygens (including phenoxy) is 1. The topological polar surface area (TPSA) is 72.3 Å². The summed E-state index contributed by atoms with van der Waals surface area (Å²) in [5.74, 6) is 1.65. The summed E-state index contributed by atoms with van der Waals surface area (Å²) in [6.07, 6.45) is 9.33. The van der Waals surface area contributed by atoms with E-state index in [1.807, 2.05) is 30.7 Å². The summed E-state index contributed by atoms with van der Waals surface area (Å²) in [4.78, 5) is 24.1. The maximum atomic E-state index is 12.7. The van der Waals surface area contributed by atoms with E-state index in [9.17, 15) is 4.79 Å². The number of likely N-dealkylation sites (tertiary alicyclic amines) is 1. The van der Waals surface area contributed by atoms with Gasteiger partial charge in [0.2, 0.25) is 0 Å².